The van der Waals surface area contributed by atoms with Gasteiger partial charge in [-0.2, -0.15) is 0 Å². The minimum atomic E-state index is 0.0964. The van der Waals surface area contributed by atoms with Crippen LogP contribution in [0.1, 0.15) is 31.1 Å². The summed E-state index contributed by atoms with van der Waals surface area (Å²) < 4.78 is 10.8. The minimum Gasteiger partial charge on any atom is -0.382 e. The van der Waals surface area contributed by atoms with Crippen molar-refractivity contribution in [1.29, 1.82) is 0 Å². The molecule has 0 spiro atoms. The Morgan fingerprint density at radius 3 is 2.83 bits per heavy atom. The fourth-order valence-corrected chi connectivity index (χ4v) is 3.43. The molecule has 5 heteroatoms. The Balaban J connectivity index is 1.74. The molecule has 2 unspecified atom stereocenters. The van der Waals surface area contributed by atoms with E-state index in [4.69, 9.17) is 14.5 Å². The SMILES string of the molecule is COCC(CN1CCCCC1c1nc(-c2ccccc2)c[nH]1)OC. The number of aromatic amines is 1. The third kappa shape index (κ3) is 4.04. The van der Waals surface area contributed by atoms with Gasteiger partial charge in [0.25, 0.3) is 0 Å². The molecular weight excluding hydrogens is 302 g/mol. The Kier molecular flexibility index (Phi) is 6.01. The summed E-state index contributed by atoms with van der Waals surface area (Å²) in [7, 11) is 3.47. The van der Waals surface area contributed by atoms with Crippen molar-refractivity contribution in [2.24, 2.45) is 0 Å². The van der Waals surface area contributed by atoms with Crippen LogP contribution in [0.3, 0.4) is 0 Å². The van der Waals surface area contributed by atoms with Gasteiger partial charge in [-0.05, 0) is 19.4 Å². The van der Waals surface area contributed by atoms with Gasteiger partial charge in [-0.15, -0.1) is 0 Å². The van der Waals surface area contributed by atoms with E-state index in [-0.39, 0.29) is 6.10 Å². The average molecular weight is 329 g/mol. The predicted octanol–water partition coefficient (Wildman–Crippen LogP) is 3.27. The molecule has 0 bridgehead atoms. The van der Waals surface area contributed by atoms with Gasteiger partial charge in [0.2, 0.25) is 0 Å². The summed E-state index contributed by atoms with van der Waals surface area (Å²) in [5.74, 6) is 1.06. The minimum absolute atomic E-state index is 0.0964. The molecule has 1 aliphatic rings. The quantitative estimate of drug-likeness (QED) is 0.847. The zero-order valence-corrected chi connectivity index (χ0v) is 14.6. The molecular formula is C19H27N3O2. The molecule has 1 aliphatic heterocycles. The molecule has 1 N–H and O–H groups in total. The van der Waals surface area contributed by atoms with Gasteiger partial charge < -0.3 is 14.5 Å². The van der Waals surface area contributed by atoms with E-state index >= 15 is 0 Å². The second kappa shape index (κ2) is 8.42. The molecule has 2 heterocycles. The summed E-state index contributed by atoms with van der Waals surface area (Å²) >= 11 is 0. The molecule has 130 valence electrons. The van der Waals surface area contributed by atoms with Crippen LogP contribution in [0.15, 0.2) is 36.5 Å². The van der Waals surface area contributed by atoms with Gasteiger partial charge >= 0.3 is 0 Å². The lowest BCUT2D eigenvalue weighted by molar-refractivity contribution is -0.00995. The van der Waals surface area contributed by atoms with Crippen molar-refractivity contribution in [1.82, 2.24) is 14.9 Å². The molecule has 0 amide bonds. The number of hydrogen-bond acceptors (Lipinski definition) is 4. The number of nitrogens with one attached hydrogen (secondary N) is 1. The summed E-state index contributed by atoms with van der Waals surface area (Å²) in [4.78, 5) is 10.7. The highest BCUT2D eigenvalue weighted by Crippen LogP contribution is 2.30. The molecule has 2 aromatic rings. The number of benzene rings is 1. The Morgan fingerprint density at radius 2 is 2.08 bits per heavy atom. The molecule has 0 aliphatic carbocycles. The largest absolute Gasteiger partial charge is 0.382 e. The van der Waals surface area contributed by atoms with E-state index in [0.717, 1.165) is 36.6 Å². The van der Waals surface area contributed by atoms with Gasteiger partial charge in [0, 0.05) is 32.5 Å². The van der Waals surface area contributed by atoms with E-state index in [1.54, 1.807) is 14.2 Å². The van der Waals surface area contributed by atoms with E-state index in [9.17, 15) is 0 Å². The topological polar surface area (TPSA) is 50.4 Å². The number of H-pyrrole nitrogens is 1. The molecule has 0 saturated carbocycles. The van der Waals surface area contributed by atoms with Gasteiger partial charge in [0.1, 0.15) is 5.82 Å². The number of piperidine rings is 1. The number of hydrogen-bond donors (Lipinski definition) is 1. The molecule has 1 saturated heterocycles. The molecule has 24 heavy (non-hydrogen) atoms. The van der Waals surface area contributed by atoms with Crippen LogP contribution in [-0.2, 0) is 9.47 Å². The van der Waals surface area contributed by atoms with Crippen LogP contribution in [0.4, 0.5) is 0 Å². The molecule has 1 aromatic heterocycles. The standard InChI is InChI=1S/C19H27N3O2/c1-23-14-16(24-2)13-22-11-7-6-10-18(22)19-20-12-17(21-19)15-8-4-3-5-9-15/h3-5,8-9,12,16,18H,6-7,10-11,13-14H2,1-2H3,(H,20,21). The second-order valence-corrected chi connectivity index (χ2v) is 6.36. The number of aromatic nitrogens is 2. The highest BCUT2D eigenvalue weighted by Gasteiger charge is 2.28. The normalized spacial score (nSPS) is 20.2. The maximum absolute atomic E-state index is 5.55. The summed E-state index contributed by atoms with van der Waals surface area (Å²) in [5.41, 5.74) is 2.16. The van der Waals surface area contributed by atoms with E-state index in [1.807, 2.05) is 24.4 Å². The first-order chi connectivity index (χ1) is 11.8. The van der Waals surface area contributed by atoms with Gasteiger partial charge in [-0.3, -0.25) is 4.90 Å². The number of nitrogens with zero attached hydrogens (tertiary/aromatic N) is 2. The van der Waals surface area contributed by atoms with Crippen molar-refractivity contribution in [3.05, 3.63) is 42.4 Å². The average Bonchev–Trinajstić information content (AvgIpc) is 3.12. The maximum atomic E-state index is 5.55. The fourth-order valence-electron chi connectivity index (χ4n) is 3.43. The van der Waals surface area contributed by atoms with Crippen molar-refractivity contribution in [3.63, 3.8) is 0 Å². The maximum Gasteiger partial charge on any atom is 0.124 e. The van der Waals surface area contributed by atoms with E-state index < -0.39 is 0 Å². The number of methoxy groups -OCH3 is 2. The van der Waals surface area contributed by atoms with Crippen LogP contribution in [0, 0.1) is 0 Å². The fraction of sp³-hybridized carbons (Fsp3) is 0.526. The van der Waals surface area contributed by atoms with Crippen LogP contribution in [0.25, 0.3) is 11.3 Å². The number of ether oxygens (including phenoxy) is 2. The van der Waals surface area contributed by atoms with Gasteiger partial charge in [0.05, 0.1) is 24.4 Å². The van der Waals surface area contributed by atoms with Crippen LogP contribution in [0.5, 0.6) is 0 Å². The Hall–Kier alpha value is -1.69. The van der Waals surface area contributed by atoms with Crippen molar-refractivity contribution >= 4 is 0 Å². The van der Waals surface area contributed by atoms with Crippen LogP contribution >= 0.6 is 0 Å². The molecule has 5 nitrogen and oxygen atoms in total. The highest BCUT2D eigenvalue weighted by molar-refractivity contribution is 5.58. The van der Waals surface area contributed by atoms with E-state index in [1.165, 1.54) is 12.8 Å². The van der Waals surface area contributed by atoms with Crippen LogP contribution < -0.4 is 0 Å². The molecule has 2 atom stereocenters. The molecule has 1 fully saturated rings. The summed E-state index contributed by atoms with van der Waals surface area (Å²) in [5, 5.41) is 0. The van der Waals surface area contributed by atoms with Gasteiger partial charge in [-0.25, -0.2) is 4.98 Å². The van der Waals surface area contributed by atoms with Crippen molar-refractivity contribution in [3.8, 4) is 11.3 Å². The Labute approximate surface area is 144 Å². The lowest BCUT2D eigenvalue weighted by atomic mass is 10.0. The first-order valence-corrected chi connectivity index (χ1v) is 8.68. The van der Waals surface area contributed by atoms with Gasteiger partial charge in [0.15, 0.2) is 0 Å². The Morgan fingerprint density at radius 1 is 1.25 bits per heavy atom. The third-order valence-electron chi connectivity index (χ3n) is 4.72. The lowest BCUT2D eigenvalue weighted by Gasteiger charge is -2.36. The van der Waals surface area contributed by atoms with Crippen LogP contribution in [0.2, 0.25) is 0 Å². The third-order valence-corrected chi connectivity index (χ3v) is 4.72. The first-order valence-electron chi connectivity index (χ1n) is 8.68. The predicted molar refractivity (Wildman–Crippen MR) is 94.9 cm³/mol. The molecule has 1 aromatic carbocycles. The van der Waals surface area contributed by atoms with E-state index in [2.05, 4.69) is 22.0 Å². The van der Waals surface area contributed by atoms with Crippen molar-refractivity contribution in [2.45, 2.75) is 31.4 Å². The first kappa shape index (κ1) is 17.1. The van der Waals surface area contributed by atoms with E-state index in [0.29, 0.717) is 12.6 Å². The van der Waals surface area contributed by atoms with Gasteiger partial charge in [-0.1, -0.05) is 36.8 Å². The number of imidazole rings is 1. The summed E-state index contributed by atoms with van der Waals surface area (Å²) in [6, 6.07) is 10.6. The monoisotopic (exact) mass is 329 g/mol. The number of likely N-dealkylation sites (tertiary alicyclic amines) is 1. The summed E-state index contributed by atoms with van der Waals surface area (Å²) in [6.45, 7) is 2.57. The molecule has 0 radical (unpaired) electrons. The highest BCUT2D eigenvalue weighted by atomic mass is 16.5. The zero-order valence-electron chi connectivity index (χ0n) is 14.6. The molecule has 3 rings (SSSR count). The smallest absolute Gasteiger partial charge is 0.124 e. The lowest BCUT2D eigenvalue weighted by Crippen LogP contribution is -2.41. The number of rotatable bonds is 7. The zero-order chi connectivity index (χ0) is 16.8. The Bertz CT molecular complexity index is 614. The summed E-state index contributed by atoms with van der Waals surface area (Å²) in [6.07, 6.45) is 5.71. The van der Waals surface area contributed by atoms with Crippen molar-refractivity contribution in [2.75, 3.05) is 33.9 Å². The van der Waals surface area contributed by atoms with Crippen molar-refractivity contribution < 1.29 is 9.47 Å². The van der Waals surface area contributed by atoms with Crippen LogP contribution in [-0.4, -0.2) is 54.9 Å². The second-order valence-electron chi connectivity index (χ2n) is 6.36.